The van der Waals surface area contributed by atoms with Crippen LogP contribution in [0.3, 0.4) is 0 Å². The van der Waals surface area contributed by atoms with E-state index in [-0.39, 0.29) is 5.41 Å². The average molecular weight is 261 g/mol. The molecule has 0 spiro atoms. The monoisotopic (exact) mass is 261 g/mol. The molecule has 0 aliphatic carbocycles. The van der Waals surface area contributed by atoms with Crippen LogP contribution in [-0.2, 0) is 19.0 Å². The normalized spacial score (nSPS) is 12.1. The fraction of sp³-hybridized carbons (Fsp3) is 0.571. The summed E-state index contributed by atoms with van der Waals surface area (Å²) < 4.78 is 4.07. The molecule has 104 valence electrons. The van der Waals surface area contributed by atoms with Crippen LogP contribution in [0.5, 0.6) is 0 Å². The molecular weight excluding hydrogens is 238 g/mol. The van der Waals surface area contributed by atoms with Crippen LogP contribution in [0, 0.1) is 0 Å². The van der Waals surface area contributed by atoms with E-state index in [2.05, 4.69) is 37.2 Å². The number of imidazole rings is 2. The maximum atomic E-state index is 6.22. The van der Waals surface area contributed by atoms with Gasteiger partial charge in [-0.15, -0.1) is 0 Å². The predicted octanol–water partition coefficient (Wildman–Crippen LogP) is 2.57. The first-order valence-electron chi connectivity index (χ1n) is 6.69. The lowest BCUT2D eigenvalue weighted by Gasteiger charge is -2.17. The number of anilines is 1. The fourth-order valence-electron chi connectivity index (χ4n) is 2.31. The Kier molecular flexibility index (Phi) is 3.39. The number of nitrogens with two attached hydrogens (primary N) is 1. The zero-order chi connectivity index (χ0) is 14.2. The minimum atomic E-state index is -0.0310. The molecule has 2 aromatic heterocycles. The second kappa shape index (κ2) is 4.72. The Hall–Kier alpha value is -1.78. The van der Waals surface area contributed by atoms with E-state index in [1.54, 1.807) is 0 Å². The molecule has 0 radical (unpaired) electrons. The van der Waals surface area contributed by atoms with Gasteiger partial charge in [-0.1, -0.05) is 27.7 Å². The summed E-state index contributed by atoms with van der Waals surface area (Å²) in [5.41, 5.74) is 8.01. The average Bonchev–Trinajstić information content (AvgIpc) is 2.86. The van der Waals surface area contributed by atoms with Crippen molar-refractivity contribution in [3.8, 4) is 11.4 Å². The highest BCUT2D eigenvalue weighted by Gasteiger charge is 2.24. The summed E-state index contributed by atoms with van der Waals surface area (Å²) in [5.74, 6) is 1.69. The van der Waals surface area contributed by atoms with E-state index in [0.717, 1.165) is 30.2 Å². The van der Waals surface area contributed by atoms with Gasteiger partial charge in [0.25, 0.3) is 0 Å². The van der Waals surface area contributed by atoms with Gasteiger partial charge in [-0.05, 0) is 6.42 Å². The highest BCUT2D eigenvalue weighted by molar-refractivity contribution is 5.68. The molecule has 2 aromatic rings. The van der Waals surface area contributed by atoms with Gasteiger partial charge in [-0.25, -0.2) is 9.97 Å². The van der Waals surface area contributed by atoms with Gasteiger partial charge >= 0.3 is 0 Å². The molecule has 0 saturated heterocycles. The van der Waals surface area contributed by atoms with Crippen LogP contribution in [0.2, 0.25) is 0 Å². The number of nitrogens with zero attached hydrogens (tertiary/aromatic N) is 4. The molecule has 2 N–H and O–H groups in total. The molecule has 2 heterocycles. The minimum absolute atomic E-state index is 0.0310. The number of aromatic nitrogens is 4. The molecule has 19 heavy (non-hydrogen) atoms. The minimum Gasteiger partial charge on any atom is -0.383 e. The van der Waals surface area contributed by atoms with Crippen molar-refractivity contribution in [3.63, 3.8) is 0 Å². The number of hydrogen-bond acceptors (Lipinski definition) is 3. The molecule has 0 saturated carbocycles. The van der Waals surface area contributed by atoms with Gasteiger partial charge in [0.05, 0.1) is 18.2 Å². The van der Waals surface area contributed by atoms with Crippen LogP contribution in [-0.4, -0.2) is 19.1 Å². The predicted molar refractivity (Wildman–Crippen MR) is 77.8 cm³/mol. The van der Waals surface area contributed by atoms with E-state index >= 15 is 0 Å². The van der Waals surface area contributed by atoms with E-state index in [1.165, 1.54) is 0 Å². The van der Waals surface area contributed by atoms with Crippen LogP contribution in [0.25, 0.3) is 11.4 Å². The van der Waals surface area contributed by atoms with E-state index in [1.807, 2.05) is 24.1 Å². The number of hydrogen-bond donors (Lipinski definition) is 1. The highest BCUT2D eigenvalue weighted by atomic mass is 15.2. The largest absolute Gasteiger partial charge is 0.383 e. The van der Waals surface area contributed by atoms with Gasteiger partial charge in [0, 0.05) is 19.0 Å². The van der Waals surface area contributed by atoms with Crippen molar-refractivity contribution >= 4 is 5.82 Å². The van der Waals surface area contributed by atoms with Crippen molar-refractivity contribution in [3.05, 3.63) is 18.3 Å². The molecule has 0 aliphatic rings. The van der Waals surface area contributed by atoms with Crippen molar-refractivity contribution in [2.24, 2.45) is 7.05 Å². The van der Waals surface area contributed by atoms with Gasteiger partial charge in [0.15, 0.2) is 0 Å². The van der Waals surface area contributed by atoms with E-state index in [4.69, 9.17) is 10.7 Å². The van der Waals surface area contributed by atoms with E-state index < -0.39 is 0 Å². The van der Waals surface area contributed by atoms with Crippen molar-refractivity contribution in [2.75, 3.05) is 5.73 Å². The molecule has 0 bridgehead atoms. The van der Waals surface area contributed by atoms with Gasteiger partial charge in [0.2, 0.25) is 0 Å². The van der Waals surface area contributed by atoms with Crippen molar-refractivity contribution in [1.29, 1.82) is 0 Å². The molecule has 5 heteroatoms. The van der Waals surface area contributed by atoms with Crippen molar-refractivity contribution in [1.82, 2.24) is 19.1 Å². The number of rotatable bonds is 3. The van der Waals surface area contributed by atoms with Crippen molar-refractivity contribution in [2.45, 2.75) is 46.1 Å². The third kappa shape index (κ3) is 2.37. The van der Waals surface area contributed by atoms with Crippen LogP contribution in [0.1, 0.15) is 39.9 Å². The SMILES string of the molecule is CCCn1cncc1-c1nc(C(C)(C)C)n(C)c1N. The summed E-state index contributed by atoms with van der Waals surface area (Å²) in [5, 5.41) is 0. The molecule has 0 aromatic carbocycles. The third-order valence-electron chi connectivity index (χ3n) is 3.23. The molecule has 0 atom stereocenters. The van der Waals surface area contributed by atoms with Crippen LogP contribution < -0.4 is 5.73 Å². The zero-order valence-electron chi connectivity index (χ0n) is 12.4. The molecule has 2 rings (SSSR count). The molecule has 5 nitrogen and oxygen atoms in total. The first-order valence-corrected chi connectivity index (χ1v) is 6.69. The lowest BCUT2D eigenvalue weighted by atomic mass is 9.96. The Balaban J connectivity index is 2.54. The number of aryl methyl sites for hydroxylation is 1. The summed E-state index contributed by atoms with van der Waals surface area (Å²) in [6.45, 7) is 9.49. The van der Waals surface area contributed by atoms with Crippen molar-refractivity contribution < 1.29 is 0 Å². The summed E-state index contributed by atoms with van der Waals surface area (Å²) in [4.78, 5) is 8.96. The Morgan fingerprint density at radius 1 is 1.32 bits per heavy atom. The Labute approximate surface area is 114 Å². The lowest BCUT2D eigenvalue weighted by molar-refractivity contribution is 0.524. The molecule has 0 fully saturated rings. The summed E-state index contributed by atoms with van der Waals surface area (Å²) in [7, 11) is 1.97. The quantitative estimate of drug-likeness (QED) is 0.923. The summed E-state index contributed by atoms with van der Waals surface area (Å²) in [6, 6.07) is 0. The van der Waals surface area contributed by atoms with Crippen LogP contribution >= 0.6 is 0 Å². The number of nitrogen functional groups attached to an aromatic ring is 1. The van der Waals surface area contributed by atoms with E-state index in [9.17, 15) is 0 Å². The third-order valence-corrected chi connectivity index (χ3v) is 3.23. The lowest BCUT2D eigenvalue weighted by Crippen LogP contribution is -2.17. The smallest absolute Gasteiger partial charge is 0.133 e. The zero-order valence-corrected chi connectivity index (χ0v) is 12.4. The Morgan fingerprint density at radius 2 is 2.00 bits per heavy atom. The van der Waals surface area contributed by atoms with Gasteiger partial charge in [-0.3, -0.25) is 0 Å². The van der Waals surface area contributed by atoms with Gasteiger partial charge in [0.1, 0.15) is 17.3 Å². The maximum absolute atomic E-state index is 6.22. The second-order valence-electron chi connectivity index (χ2n) is 5.95. The molecule has 0 unspecified atom stereocenters. The first kappa shape index (κ1) is 13.6. The Bertz CT molecular complexity index is 571. The summed E-state index contributed by atoms with van der Waals surface area (Å²) in [6.07, 6.45) is 4.73. The maximum Gasteiger partial charge on any atom is 0.133 e. The summed E-state index contributed by atoms with van der Waals surface area (Å²) >= 11 is 0. The fourth-order valence-corrected chi connectivity index (χ4v) is 2.31. The topological polar surface area (TPSA) is 61.7 Å². The standard InChI is InChI=1S/C14H23N5/c1-6-7-19-9-16-8-10(19)11-12(15)18(5)13(17-11)14(2,3)4/h8-9H,6-7,15H2,1-5H3. The molecule has 0 amide bonds. The first-order chi connectivity index (χ1) is 8.86. The highest BCUT2D eigenvalue weighted by Crippen LogP contribution is 2.30. The van der Waals surface area contributed by atoms with Crippen LogP contribution in [0.15, 0.2) is 12.5 Å². The van der Waals surface area contributed by atoms with Crippen LogP contribution in [0.4, 0.5) is 5.82 Å². The van der Waals surface area contributed by atoms with Gasteiger partial charge in [-0.2, -0.15) is 0 Å². The van der Waals surface area contributed by atoms with Gasteiger partial charge < -0.3 is 14.9 Å². The van der Waals surface area contributed by atoms with E-state index in [0.29, 0.717) is 5.82 Å². The molecule has 0 aliphatic heterocycles. The second-order valence-corrected chi connectivity index (χ2v) is 5.95. The Morgan fingerprint density at radius 3 is 2.53 bits per heavy atom. The molecular formula is C14H23N5.